The van der Waals surface area contributed by atoms with Crippen LogP contribution >= 0.6 is 0 Å². The number of aromatic nitrogens is 1. The van der Waals surface area contributed by atoms with Crippen LogP contribution in [0, 0.1) is 0 Å². The van der Waals surface area contributed by atoms with Crippen LogP contribution in [0.3, 0.4) is 0 Å². The van der Waals surface area contributed by atoms with E-state index in [1.54, 1.807) is 37.4 Å². The van der Waals surface area contributed by atoms with Gasteiger partial charge >= 0.3 is 5.97 Å². The van der Waals surface area contributed by atoms with Gasteiger partial charge in [0, 0.05) is 23.7 Å². The molecule has 0 bridgehead atoms. The number of nitrogens with one attached hydrogen (secondary N) is 1. The Labute approximate surface area is 145 Å². The predicted molar refractivity (Wildman–Crippen MR) is 94.9 cm³/mol. The first-order chi connectivity index (χ1) is 12.0. The summed E-state index contributed by atoms with van der Waals surface area (Å²) in [7, 11) is -3.80. The molecule has 0 saturated heterocycles. The molecule has 0 fully saturated rings. The van der Waals surface area contributed by atoms with Gasteiger partial charge in [0.15, 0.2) is 0 Å². The first kappa shape index (κ1) is 16.9. The first-order valence-electron chi connectivity index (χ1n) is 7.67. The molecular formula is C18H16N2O4S. The van der Waals surface area contributed by atoms with Crippen molar-refractivity contribution in [1.82, 2.24) is 4.98 Å². The molecule has 0 unspecified atom stereocenters. The number of benzene rings is 2. The van der Waals surface area contributed by atoms with Crippen LogP contribution in [0.1, 0.15) is 13.3 Å². The minimum Gasteiger partial charge on any atom is -0.427 e. The van der Waals surface area contributed by atoms with E-state index in [9.17, 15) is 13.2 Å². The van der Waals surface area contributed by atoms with Crippen molar-refractivity contribution in [3.8, 4) is 5.75 Å². The smallest absolute Gasteiger partial charge is 0.310 e. The number of nitrogens with zero attached hydrogens (tertiary/aromatic N) is 1. The molecule has 0 amide bonds. The van der Waals surface area contributed by atoms with Crippen molar-refractivity contribution >= 4 is 32.6 Å². The Morgan fingerprint density at radius 1 is 1.08 bits per heavy atom. The van der Waals surface area contributed by atoms with Crippen molar-refractivity contribution in [2.24, 2.45) is 0 Å². The zero-order chi connectivity index (χ0) is 17.9. The lowest BCUT2D eigenvalue weighted by Crippen LogP contribution is -2.13. The fourth-order valence-corrected chi connectivity index (χ4v) is 3.54. The summed E-state index contributed by atoms with van der Waals surface area (Å²) in [6.45, 7) is 1.70. The van der Waals surface area contributed by atoms with Gasteiger partial charge in [-0.3, -0.25) is 14.5 Å². The van der Waals surface area contributed by atoms with Crippen LogP contribution in [0.15, 0.2) is 65.7 Å². The second-order valence-corrected chi connectivity index (χ2v) is 6.94. The van der Waals surface area contributed by atoms with Crippen molar-refractivity contribution in [1.29, 1.82) is 0 Å². The van der Waals surface area contributed by atoms with Gasteiger partial charge in [0.25, 0.3) is 10.0 Å². The summed E-state index contributed by atoms with van der Waals surface area (Å²) in [5, 5.41) is 0.743. The van der Waals surface area contributed by atoms with E-state index in [0.29, 0.717) is 17.0 Å². The predicted octanol–water partition coefficient (Wildman–Crippen LogP) is 3.35. The standard InChI is InChI=1S/C18H16N2O4S/c1-2-17(21)24-15-10-8-14(9-11-15)20-25(22,23)16-7-3-5-13-6-4-12-19-18(13)16/h3-12,20H,2H2,1H3. The third-order valence-electron chi connectivity index (χ3n) is 3.51. The molecule has 3 aromatic rings. The highest BCUT2D eigenvalue weighted by Gasteiger charge is 2.18. The number of fused-ring (bicyclic) bond motifs is 1. The van der Waals surface area contributed by atoms with Gasteiger partial charge < -0.3 is 4.74 Å². The molecule has 3 rings (SSSR count). The van der Waals surface area contributed by atoms with Gasteiger partial charge in [0.2, 0.25) is 0 Å². The van der Waals surface area contributed by atoms with Crippen LogP contribution in [0.2, 0.25) is 0 Å². The third-order valence-corrected chi connectivity index (χ3v) is 4.92. The van der Waals surface area contributed by atoms with Gasteiger partial charge in [-0.25, -0.2) is 8.42 Å². The van der Waals surface area contributed by atoms with Gasteiger partial charge in [-0.1, -0.05) is 25.1 Å². The molecule has 0 aliphatic rings. The van der Waals surface area contributed by atoms with E-state index in [1.807, 2.05) is 0 Å². The van der Waals surface area contributed by atoms with Crippen LogP contribution in [-0.4, -0.2) is 19.4 Å². The molecule has 1 N–H and O–H groups in total. The quantitative estimate of drug-likeness (QED) is 0.560. The van der Waals surface area contributed by atoms with Gasteiger partial charge in [-0.2, -0.15) is 0 Å². The number of ether oxygens (including phenoxy) is 1. The summed E-state index contributed by atoms with van der Waals surface area (Å²) >= 11 is 0. The van der Waals surface area contributed by atoms with Crippen LogP contribution < -0.4 is 9.46 Å². The zero-order valence-corrected chi connectivity index (χ0v) is 14.3. The maximum Gasteiger partial charge on any atom is 0.310 e. The van der Waals surface area contributed by atoms with E-state index in [4.69, 9.17) is 4.74 Å². The lowest BCUT2D eigenvalue weighted by molar-refractivity contribution is -0.134. The van der Waals surface area contributed by atoms with E-state index in [1.165, 1.54) is 30.3 Å². The molecule has 1 heterocycles. The third kappa shape index (κ3) is 3.77. The second-order valence-electron chi connectivity index (χ2n) is 5.29. The van der Waals surface area contributed by atoms with Crippen molar-refractivity contribution in [2.75, 3.05) is 4.72 Å². The molecule has 25 heavy (non-hydrogen) atoms. The summed E-state index contributed by atoms with van der Waals surface area (Å²) in [5.74, 6) is 0.0109. The largest absolute Gasteiger partial charge is 0.427 e. The summed E-state index contributed by atoms with van der Waals surface area (Å²) in [4.78, 5) is 15.5. The number of pyridine rings is 1. The summed E-state index contributed by atoms with van der Waals surface area (Å²) in [5.41, 5.74) is 0.773. The minimum absolute atomic E-state index is 0.104. The molecule has 0 atom stereocenters. The molecule has 2 aromatic carbocycles. The Morgan fingerprint density at radius 2 is 1.80 bits per heavy atom. The molecule has 7 heteroatoms. The number of hydrogen-bond acceptors (Lipinski definition) is 5. The summed E-state index contributed by atoms with van der Waals surface area (Å²) in [6.07, 6.45) is 1.82. The van der Waals surface area contributed by atoms with Crippen LogP contribution in [0.25, 0.3) is 10.9 Å². The van der Waals surface area contributed by atoms with Crippen LogP contribution in [-0.2, 0) is 14.8 Å². The highest BCUT2D eigenvalue weighted by molar-refractivity contribution is 7.93. The number of anilines is 1. The molecule has 1 aromatic heterocycles. The average Bonchev–Trinajstić information content (AvgIpc) is 2.62. The molecule has 128 valence electrons. The van der Waals surface area contributed by atoms with E-state index in [-0.39, 0.29) is 17.3 Å². The number of esters is 1. The molecule has 0 saturated carbocycles. The molecule has 6 nitrogen and oxygen atoms in total. The number of rotatable bonds is 5. The van der Waals surface area contributed by atoms with Gasteiger partial charge in [0.1, 0.15) is 10.6 Å². The molecule has 0 aliphatic carbocycles. The number of sulfonamides is 1. The van der Waals surface area contributed by atoms with E-state index in [2.05, 4.69) is 9.71 Å². The summed E-state index contributed by atoms with van der Waals surface area (Å²) in [6, 6.07) is 14.7. The first-order valence-corrected chi connectivity index (χ1v) is 9.15. The van der Waals surface area contributed by atoms with Gasteiger partial charge in [-0.15, -0.1) is 0 Å². The van der Waals surface area contributed by atoms with Crippen LogP contribution in [0.5, 0.6) is 5.75 Å². The van der Waals surface area contributed by atoms with Crippen molar-refractivity contribution in [3.05, 3.63) is 60.8 Å². The molecule has 0 aliphatic heterocycles. The molecular weight excluding hydrogens is 340 g/mol. The zero-order valence-electron chi connectivity index (χ0n) is 13.5. The Hall–Kier alpha value is -2.93. The fourth-order valence-electron chi connectivity index (χ4n) is 2.30. The lowest BCUT2D eigenvalue weighted by atomic mass is 10.2. The number of carbonyl (C=O) groups is 1. The van der Waals surface area contributed by atoms with Crippen molar-refractivity contribution in [2.45, 2.75) is 18.2 Å². The SMILES string of the molecule is CCC(=O)Oc1ccc(NS(=O)(=O)c2cccc3cccnc23)cc1. The Morgan fingerprint density at radius 3 is 2.52 bits per heavy atom. The highest BCUT2D eigenvalue weighted by atomic mass is 32.2. The molecule has 0 spiro atoms. The Bertz CT molecular complexity index is 1010. The van der Waals surface area contributed by atoms with E-state index >= 15 is 0 Å². The maximum absolute atomic E-state index is 12.7. The second kappa shape index (κ2) is 6.90. The number of hydrogen-bond donors (Lipinski definition) is 1. The molecule has 0 radical (unpaired) electrons. The summed E-state index contributed by atoms with van der Waals surface area (Å²) < 4.78 is 33.0. The fraction of sp³-hybridized carbons (Fsp3) is 0.111. The average molecular weight is 356 g/mol. The Balaban J connectivity index is 1.87. The maximum atomic E-state index is 12.7. The number of carbonyl (C=O) groups excluding carboxylic acids is 1. The monoisotopic (exact) mass is 356 g/mol. The van der Waals surface area contributed by atoms with E-state index in [0.717, 1.165) is 5.39 Å². The van der Waals surface area contributed by atoms with Crippen molar-refractivity contribution in [3.63, 3.8) is 0 Å². The topological polar surface area (TPSA) is 85.4 Å². The van der Waals surface area contributed by atoms with Crippen LogP contribution in [0.4, 0.5) is 5.69 Å². The van der Waals surface area contributed by atoms with E-state index < -0.39 is 10.0 Å². The van der Waals surface area contributed by atoms with Gasteiger partial charge in [-0.05, 0) is 36.4 Å². The van der Waals surface area contributed by atoms with Gasteiger partial charge in [0.05, 0.1) is 5.52 Å². The lowest BCUT2D eigenvalue weighted by Gasteiger charge is -2.10. The minimum atomic E-state index is -3.80. The highest BCUT2D eigenvalue weighted by Crippen LogP contribution is 2.24. The Kier molecular flexibility index (Phi) is 4.67. The number of para-hydroxylation sites is 1. The normalized spacial score (nSPS) is 11.2. The van der Waals surface area contributed by atoms with Crippen molar-refractivity contribution < 1.29 is 17.9 Å².